The predicted molar refractivity (Wildman–Crippen MR) is 116 cm³/mol. The fraction of sp³-hybridized carbons (Fsp3) is 0.348. The summed E-state index contributed by atoms with van der Waals surface area (Å²) in [5, 5.41) is 11.2. The van der Waals surface area contributed by atoms with E-state index in [1.807, 2.05) is 74.4 Å². The normalized spacial score (nSPS) is 18.0. The molecule has 2 atom stereocenters. The Kier molecular flexibility index (Phi) is 5.40. The summed E-state index contributed by atoms with van der Waals surface area (Å²) in [7, 11) is 3.87. The minimum absolute atomic E-state index is 0.280. The Labute approximate surface area is 175 Å². The molecular formula is C23H26N4O3. The first-order valence-corrected chi connectivity index (χ1v) is 10.1. The number of aryl methyl sites for hydroxylation is 1. The smallest absolute Gasteiger partial charge is 0.242 e. The average Bonchev–Trinajstić information content (AvgIpc) is 3.04. The van der Waals surface area contributed by atoms with Gasteiger partial charge in [0, 0.05) is 12.2 Å². The monoisotopic (exact) mass is 406 g/mol. The van der Waals surface area contributed by atoms with Crippen molar-refractivity contribution in [3.63, 3.8) is 0 Å². The van der Waals surface area contributed by atoms with Gasteiger partial charge in [0.25, 0.3) is 0 Å². The molecule has 2 heterocycles. The van der Waals surface area contributed by atoms with Gasteiger partial charge in [0.2, 0.25) is 11.8 Å². The Morgan fingerprint density at radius 2 is 1.90 bits per heavy atom. The molecule has 7 heteroatoms. The van der Waals surface area contributed by atoms with Crippen LogP contribution in [-0.4, -0.2) is 58.1 Å². The number of anilines is 1. The fourth-order valence-corrected chi connectivity index (χ4v) is 4.04. The Morgan fingerprint density at radius 3 is 2.63 bits per heavy atom. The van der Waals surface area contributed by atoms with Gasteiger partial charge >= 0.3 is 0 Å². The lowest BCUT2D eigenvalue weighted by Gasteiger charge is -2.33. The lowest BCUT2D eigenvalue weighted by atomic mass is 10.0. The van der Waals surface area contributed by atoms with Crippen molar-refractivity contribution in [2.75, 3.05) is 25.5 Å². The van der Waals surface area contributed by atoms with Crippen LogP contribution in [0.25, 0.3) is 11.0 Å². The summed E-state index contributed by atoms with van der Waals surface area (Å²) in [5.74, 6) is -0.266. The molecule has 1 aliphatic rings. The van der Waals surface area contributed by atoms with Gasteiger partial charge in [-0.3, -0.25) is 19.1 Å². The van der Waals surface area contributed by atoms with Gasteiger partial charge in [0.15, 0.2) is 0 Å². The van der Waals surface area contributed by atoms with Crippen molar-refractivity contribution in [2.24, 2.45) is 0 Å². The standard InChI is InChI=1S/C23H26N4O3/c1-15-7-6-8-16(13-15)26-20(29)14-21(30)27-18-10-5-4-9-17(18)24-23(27)22(26)19(28)11-12-25(2)3/h4-10,13,19,22,28H,11-12,14H2,1-3H3. The zero-order valence-electron chi connectivity index (χ0n) is 17.4. The van der Waals surface area contributed by atoms with E-state index < -0.39 is 12.1 Å². The molecule has 2 aromatic carbocycles. The second-order valence-electron chi connectivity index (χ2n) is 8.07. The van der Waals surface area contributed by atoms with Crippen molar-refractivity contribution in [3.05, 3.63) is 59.9 Å². The van der Waals surface area contributed by atoms with E-state index in [2.05, 4.69) is 0 Å². The van der Waals surface area contributed by atoms with Crippen LogP contribution in [0.3, 0.4) is 0 Å². The third kappa shape index (κ3) is 3.62. The number of aliphatic hydroxyl groups is 1. The number of benzene rings is 2. The van der Waals surface area contributed by atoms with Crippen LogP contribution in [0.4, 0.5) is 5.69 Å². The van der Waals surface area contributed by atoms with Crippen molar-refractivity contribution in [1.29, 1.82) is 0 Å². The van der Waals surface area contributed by atoms with Crippen molar-refractivity contribution < 1.29 is 14.7 Å². The number of para-hydroxylation sites is 2. The molecule has 0 bridgehead atoms. The van der Waals surface area contributed by atoms with E-state index in [1.165, 1.54) is 4.57 Å². The highest BCUT2D eigenvalue weighted by Gasteiger charge is 2.41. The van der Waals surface area contributed by atoms with E-state index in [4.69, 9.17) is 4.98 Å². The van der Waals surface area contributed by atoms with E-state index in [9.17, 15) is 14.7 Å². The van der Waals surface area contributed by atoms with Crippen LogP contribution < -0.4 is 4.90 Å². The number of imidazole rings is 1. The van der Waals surface area contributed by atoms with Crippen molar-refractivity contribution in [2.45, 2.75) is 31.9 Å². The molecule has 30 heavy (non-hydrogen) atoms. The first-order chi connectivity index (χ1) is 14.4. The van der Waals surface area contributed by atoms with Crippen LogP contribution in [-0.2, 0) is 4.79 Å². The Bertz CT molecular complexity index is 1100. The van der Waals surface area contributed by atoms with Crippen LogP contribution in [0.15, 0.2) is 48.5 Å². The zero-order chi connectivity index (χ0) is 21.4. The average molecular weight is 406 g/mol. The second-order valence-corrected chi connectivity index (χ2v) is 8.07. The first-order valence-electron chi connectivity index (χ1n) is 10.1. The molecule has 7 nitrogen and oxygen atoms in total. The summed E-state index contributed by atoms with van der Waals surface area (Å²) in [4.78, 5) is 34.5. The van der Waals surface area contributed by atoms with Crippen LogP contribution in [0.2, 0.25) is 0 Å². The van der Waals surface area contributed by atoms with Gasteiger partial charge in [0.05, 0.1) is 17.1 Å². The van der Waals surface area contributed by atoms with Gasteiger partial charge in [-0.1, -0.05) is 24.3 Å². The highest BCUT2D eigenvalue weighted by molar-refractivity contribution is 6.09. The molecule has 156 valence electrons. The molecular weight excluding hydrogens is 380 g/mol. The summed E-state index contributed by atoms with van der Waals surface area (Å²) < 4.78 is 1.51. The number of hydrogen-bond acceptors (Lipinski definition) is 5. The topological polar surface area (TPSA) is 78.7 Å². The molecule has 2 unspecified atom stereocenters. The van der Waals surface area contributed by atoms with Crippen molar-refractivity contribution >= 4 is 28.5 Å². The zero-order valence-corrected chi connectivity index (χ0v) is 17.4. The summed E-state index contributed by atoms with van der Waals surface area (Å²) in [5.41, 5.74) is 2.97. The molecule has 0 saturated carbocycles. The molecule has 1 aliphatic heterocycles. The van der Waals surface area contributed by atoms with E-state index in [0.29, 0.717) is 35.5 Å². The summed E-state index contributed by atoms with van der Waals surface area (Å²) >= 11 is 0. The Morgan fingerprint density at radius 1 is 1.13 bits per heavy atom. The van der Waals surface area contributed by atoms with Gasteiger partial charge in [-0.2, -0.15) is 0 Å². The highest BCUT2D eigenvalue weighted by atomic mass is 16.3. The quantitative estimate of drug-likeness (QED) is 0.659. The van der Waals surface area contributed by atoms with Gasteiger partial charge in [-0.15, -0.1) is 0 Å². The molecule has 0 saturated heterocycles. The molecule has 1 amide bonds. The van der Waals surface area contributed by atoms with Gasteiger partial charge in [0.1, 0.15) is 18.3 Å². The minimum Gasteiger partial charge on any atom is -0.390 e. The SMILES string of the molecule is Cc1cccc(N2C(=O)CC(=O)n3c(nc4ccccc43)C2C(O)CCN(C)C)c1. The van der Waals surface area contributed by atoms with Crippen LogP contribution in [0.1, 0.15) is 35.1 Å². The lowest BCUT2D eigenvalue weighted by Crippen LogP contribution is -2.41. The molecule has 4 rings (SSSR count). The van der Waals surface area contributed by atoms with Crippen molar-refractivity contribution in [1.82, 2.24) is 14.5 Å². The number of aliphatic hydroxyl groups excluding tert-OH is 1. The number of hydrogen-bond donors (Lipinski definition) is 1. The molecule has 0 fully saturated rings. The van der Waals surface area contributed by atoms with Crippen LogP contribution in [0, 0.1) is 6.92 Å². The van der Waals surface area contributed by atoms with Crippen LogP contribution >= 0.6 is 0 Å². The maximum atomic E-state index is 13.2. The molecule has 0 radical (unpaired) electrons. The first kappa shape index (κ1) is 20.3. The molecule has 3 aromatic rings. The number of carbonyl (C=O) groups is 2. The summed E-state index contributed by atoms with van der Waals surface area (Å²) in [6, 6.07) is 14.1. The number of aromatic nitrogens is 2. The largest absolute Gasteiger partial charge is 0.390 e. The van der Waals surface area contributed by atoms with Gasteiger partial charge in [-0.05, 0) is 57.3 Å². The third-order valence-corrected chi connectivity index (χ3v) is 5.47. The third-order valence-electron chi connectivity index (χ3n) is 5.47. The maximum Gasteiger partial charge on any atom is 0.242 e. The second kappa shape index (κ2) is 8.01. The van der Waals surface area contributed by atoms with Crippen LogP contribution in [0.5, 0.6) is 0 Å². The van der Waals surface area contributed by atoms with E-state index in [0.717, 1.165) is 5.56 Å². The summed E-state index contributed by atoms with van der Waals surface area (Å²) in [6.07, 6.45) is -0.735. The van der Waals surface area contributed by atoms with E-state index >= 15 is 0 Å². The van der Waals surface area contributed by atoms with E-state index in [1.54, 1.807) is 4.90 Å². The number of amides is 1. The minimum atomic E-state index is -0.890. The highest BCUT2D eigenvalue weighted by Crippen LogP contribution is 2.36. The van der Waals surface area contributed by atoms with E-state index in [-0.39, 0.29) is 18.2 Å². The Hall–Kier alpha value is -3.03. The number of fused-ring (bicyclic) bond motifs is 3. The molecule has 1 aromatic heterocycles. The predicted octanol–water partition coefficient (Wildman–Crippen LogP) is 2.78. The fourth-order valence-electron chi connectivity index (χ4n) is 4.04. The summed E-state index contributed by atoms with van der Waals surface area (Å²) in [6.45, 7) is 2.59. The molecule has 1 N–H and O–H groups in total. The maximum absolute atomic E-state index is 13.2. The number of nitrogens with zero attached hydrogens (tertiary/aromatic N) is 4. The van der Waals surface area contributed by atoms with Crippen molar-refractivity contribution in [3.8, 4) is 0 Å². The number of rotatable bonds is 5. The lowest BCUT2D eigenvalue weighted by molar-refractivity contribution is -0.118. The Balaban J connectivity index is 1.92. The number of carbonyl (C=O) groups excluding carboxylic acids is 2. The molecule has 0 spiro atoms. The van der Waals surface area contributed by atoms with Gasteiger partial charge < -0.3 is 10.0 Å². The van der Waals surface area contributed by atoms with Gasteiger partial charge in [-0.25, -0.2) is 4.98 Å². The molecule has 0 aliphatic carbocycles.